The molecule has 15 heavy (non-hydrogen) atoms. The first-order valence-electron chi connectivity index (χ1n) is 5.02. The van der Waals surface area contributed by atoms with Crippen LogP contribution in [0.4, 0.5) is 8.78 Å². The highest BCUT2D eigenvalue weighted by Gasteiger charge is 2.20. The monoisotopic (exact) mass is 213 g/mol. The van der Waals surface area contributed by atoms with Crippen molar-refractivity contribution in [2.75, 3.05) is 0 Å². The van der Waals surface area contributed by atoms with Gasteiger partial charge in [0, 0.05) is 18.2 Å². The first-order valence-corrected chi connectivity index (χ1v) is 5.02. The fourth-order valence-corrected chi connectivity index (χ4v) is 1.40. The summed E-state index contributed by atoms with van der Waals surface area (Å²) < 4.78 is 28.6. The van der Waals surface area contributed by atoms with E-state index in [4.69, 9.17) is 0 Å². The number of hydrogen-bond acceptors (Lipinski definition) is 2. The molecule has 1 aromatic carbocycles. The fraction of sp³-hybridized carbons (Fsp3) is 0.455. The molecule has 1 aromatic rings. The predicted molar refractivity (Wildman–Crippen MR) is 52.9 cm³/mol. The first-order chi connectivity index (χ1) is 7.25. The van der Waals surface area contributed by atoms with Gasteiger partial charge in [-0.2, -0.15) is 8.78 Å². The summed E-state index contributed by atoms with van der Waals surface area (Å²) in [4.78, 5) is 0. The molecule has 0 radical (unpaired) electrons. The van der Waals surface area contributed by atoms with Gasteiger partial charge in [-0.25, -0.2) is 0 Å². The Hall–Kier alpha value is -1.16. The van der Waals surface area contributed by atoms with Crippen LogP contribution in [0.25, 0.3) is 0 Å². The topological polar surface area (TPSA) is 21.3 Å². The molecule has 0 aromatic heterocycles. The van der Waals surface area contributed by atoms with Crippen LogP contribution in [0.2, 0.25) is 0 Å². The summed E-state index contributed by atoms with van der Waals surface area (Å²) in [5, 5.41) is 3.26. The van der Waals surface area contributed by atoms with E-state index in [-0.39, 0.29) is 5.75 Å². The van der Waals surface area contributed by atoms with Crippen molar-refractivity contribution in [3.8, 4) is 5.75 Å². The van der Waals surface area contributed by atoms with Crippen molar-refractivity contribution >= 4 is 0 Å². The Balaban J connectivity index is 1.99. The Labute approximate surface area is 87.2 Å². The molecule has 1 N–H and O–H groups in total. The second-order valence-electron chi connectivity index (χ2n) is 3.64. The molecule has 0 heterocycles. The van der Waals surface area contributed by atoms with E-state index in [1.54, 1.807) is 18.2 Å². The van der Waals surface area contributed by atoms with Gasteiger partial charge in [0.2, 0.25) is 0 Å². The lowest BCUT2D eigenvalue weighted by Gasteiger charge is -2.10. The van der Waals surface area contributed by atoms with Crippen LogP contribution in [-0.4, -0.2) is 12.7 Å². The maximum atomic E-state index is 12.1. The molecule has 0 bridgehead atoms. The molecule has 0 saturated heterocycles. The van der Waals surface area contributed by atoms with E-state index in [1.807, 2.05) is 6.07 Å². The molecule has 1 aliphatic carbocycles. The number of rotatable bonds is 5. The highest BCUT2D eigenvalue weighted by Crippen LogP contribution is 2.23. The number of halogens is 2. The molecule has 4 heteroatoms. The molecule has 2 rings (SSSR count). The third-order valence-electron chi connectivity index (χ3n) is 2.35. The van der Waals surface area contributed by atoms with Crippen LogP contribution in [0.1, 0.15) is 18.4 Å². The van der Waals surface area contributed by atoms with Crippen LogP contribution in [0.3, 0.4) is 0 Å². The molecule has 1 fully saturated rings. The smallest absolute Gasteiger partial charge is 0.387 e. The van der Waals surface area contributed by atoms with Crippen LogP contribution in [0.5, 0.6) is 5.75 Å². The van der Waals surface area contributed by atoms with E-state index in [1.165, 1.54) is 12.8 Å². The van der Waals surface area contributed by atoms with Crippen LogP contribution < -0.4 is 10.1 Å². The van der Waals surface area contributed by atoms with E-state index in [0.29, 0.717) is 12.6 Å². The zero-order valence-corrected chi connectivity index (χ0v) is 8.25. The Morgan fingerprint density at radius 3 is 2.73 bits per heavy atom. The average molecular weight is 213 g/mol. The summed E-state index contributed by atoms with van der Waals surface area (Å²) in [5.74, 6) is 0.264. The van der Waals surface area contributed by atoms with Crippen molar-refractivity contribution in [3.63, 3.8) is 0 Å². The number of nitrogens with one attached hydrogen (secondary N) is 1. The van der Waals surface area contributed by atoms with E-state index in [2.05, 4.69) is 10.1 Å². The highest BCUT2D eigenvalue weighted by atomic mass is 19.3. The predicted octanol–water partition coefficient (Wildman–Crippen LogP) is 2.54. The third kappa shape index (κ3) is 3.16. The summed E-state index contributed by atoms with van der Waals surface area (Å²) in [6, 6.07) is 7.44. The van der Waals surface area contributed by atoms with Crippen LogP contribution in [-0.2, 0) is 6.54 Å². The molecule has 82 valence electrons. The SMILES string of the molecule is FC(F)Oc1ccccc1CNC1CC1. The summed E-state index contributed by atoms with van der Waals surface area (Å²) in [6.07, 6.45) is 2.36. The summed E-state index contributed by atoms with van der Waals surface area (Å²) in [5.41, 5.74) is 0.782. The van der Waals surface area contributed by atoms with Crippen molar-refractivity contribution in [1.29, 1.82) is 0 Å². The molecule has 1 aliphatic rings. The van der Waals surface area contributed by atoms with Crippen molar-refractivity contribution in [2.45, 2.75) is 32.0 Å². The lowest BCUT2D eigenvalue weighted by Crippen LogP contribution is -2.16. The fourth-order valence-electron chi connectivity index (χ4n) is 1.40. The third-order valence-corrected chi connectivity index (χ3v) is 2.35. The van der Waals surface area contributed by atoms with Gasteiger partial charge in [-0.15, -0.1) is 0 Å². The first kappa shape index (κ1) is 10.4. The number of hydrogen-bond donors (Lipinski definition) is 1. The van der Waals surface area contributed by atoms with E-state index in [9.17, 15) is 8.78 Å². The minimum absolute atomic E-state index is 0.264. The summed E-state index contributed by atoms with van der Waals surface area (Å²) in [7, 11) is 0. The molecule has 0 spiro atoms. The highest BCUT2D eigenvalue weighted by molar-refractivity contribution is 5.33. The van der Waals surface area contributed by atoms with Crippen molar-refractivity contribution < 1.29 is 13.5 Å². The lowest BCUT2D eigenvalue weighted by molar-refractivity contribution is -0.0504. The van der Waals surface area contributed by atoms with Crippen molar-refractivity contribution in [2.24, 2.45) is 0 Å². The van der Waals surface area contributed by atoms with Crippen molar-refractivity contribution in [3.05, 3.63) is 29.8 Å². The van der Waals surface area contributed by atoms with Gasteiger partial charge in [0.15, 0.2) is 0 Å². The Morgan fingerprint density at radius 2 is 2.07 bits per heavy atom. The standard InChI is InChI=1S/C11H13F2NO/c12-11(13)15-10-4-2-1-3-8(10)7-14-9-5-6-9/h1-4,9,11,14H,5-7H2. The van der Waals surface area contributed by atoms with E-state index in [0.717, 1.165) is 5.56 Å². The molecule has 0 aliphatic heterocycles. The van der Waals surface area contributed by atoms with Crippen molar-refractivity contribution in [1.82, 2.24) is 5.32 Å². The quantitative estimate of drug-likeness (QED) is 0.811. The normalized spacial score (nSPS) is 15.7. The van der Waals surface area contributed by atoms with Crippen LogP contribution >= 0.6 is 0 Å². The Bertz CT molecular complexity index is 326. The molecule has 2 nitrogen and oxygen atoms in total. The molecule has 0 atom stereocenters. The molecule has 0 unspecified atom stereocenters. The van der Waals surface area contributed by atoms with E-state index >= 15 is 0 Å². The van der Waals surface area contributed by atoms with Gasteiger partial charge in [0.25, 0.3) is 0 Å². The maximum absolute atomic E-state index is 12.1. The number of benzene rings is 1. The Morgan fingerprint density at radius 1 is 1.33 bits per heavy atom. The van der Waals surface area contributed by atoms with Gasteiger partial charge in [-0.1, -0.05) is 18.2 Å². The lowest BCUT2D eigenvalue weighted by atomic mass is 10.2. The van der Waals surface area contributed by atoms with Gasteiger partial charge in [0.1, 0.15) is 5.75 Å². The zero-order valence-electron chi connectivity index (χ0n) is 8.25. The average Bonchev–Trinajstić information content (AvgIpc) is 2.99. The minimum Gasteiger partial charge on any atom is -0.434 e. The largest absolute Gasteiger partial charge is 0.434 e. The maximum Gasteiger partial charge on any atom is 0.387 e. The molecular weight excluding hydrogens is 200 g/mol. The van der Waals surface area contributed by atoms with Gasteiger partial charge in [0.05, 0.1) is 0 Å². The summed E-state index contributed by atoms with van der Waals surface area (Å²) >= 11 is 0. The van der Waals surface area contributed by atoms with Gasteiger partial charge in [-0.05, 0) is 18.9 Å². The van der Waals surface area contributed by atoms with Gasteiger partial charge in [-0.3, -0.25) is 0 Å². The molecule has 0 amide bonds. The molecular formula is C11H13F2NO. The van der Waals surface area contributed by atoms with Gasteiger partial charge >= 0.3 is 6.61 Å². The Kier molecular flexibility index (Phi) is 3.16. The second kappa shape index (κ2) is 4.57. The zero-order chi connectivity index (χ0) is 10.7. The molecule has 1 saturated carbocycles. The van der Waals surface area contributed by atoms with Crippen LogP contribution in [0, 0.1) is 0 Å². The van der Waals surface area contributed by atoms with Crippen LogP contribution in [0.15, 0.2) is 24.3 Å². The second-order valence-corrected chi connectivity index (χ2v) is 3.64. The van der Waals surface area contributed by atoms with Gasteiger partial charge < -0.3 is 10.1 Å². The summed E-state index contributed by atoms with van der Waals surface area (Å²) in [6.45, 7) is -2.17. The number of ether oxygens (including phenoxy) is 1. The van der Waals surface area contributed by atoms with E-state index < -0.39 is 6.61 Å². The number of alkyl halides is 2. The number of para-hydroxylation sites is 1. The minimum atomic E-state index is -2.76.